The zero-order chi connectivity index (χ0) is 15.3. The van der Waals surface area contributed by atoms with Crippen molar-refractivity contribution in [3.63, 3.8) is 0 Å². The first-order valence-corrected chi connectivity index (χ1v) is 7.67. The van der Waals surface area contributed by atoms with Gasteiger partial charge in [0.15, 0.2) is 0 Å². The Balaban J connectivity index is 2.60. The van der Waals surface area contributed by atoms with E-state index in [4.69, 9.17) is 0 Å². The first-order chi connectivity index (χ1) is 9.20. The molecule has 0 bridgehead atoms. The van der Waals surface area contributed by atoms with Crippen LogP contribution in [0, 0.1) is 5.92 Å². The summed E-state index contributed by atoms with van der Waals surface area (Å²) in [7, 11) is 4.27. The third-order valence-corrected chi connectivity index (χ3v) is 3.75. The number of hydrogen-bond acceptors (Lipinski definition) is 2. The van der Waals surface area contributed by atoms with Gasteiger partial charge in [-0.3, -0.25) is 0 Å². The minimum atomic E-state index is 0.233. The van der Waals surface area contributed by atoms with Crippen LogP contribution in [-0.2, 0) is 12.0 Å². The highest BCUT2D eigenvalue weighted by Crippen LogP contribution is 2.22. The lowest BCUT2D eigenvalue weighted by Crippen LogP contribution is -2.41. The molecule has 2 heteroatoms. The van der Waals surface area contributed by atoms with Crippen molar-refractivity contribution in [1.29, 1.82) is 0 Å². The molecule has 0 aliphatic rings. The molecular formula is C18H32N2. The molecule has 20 heavy (non-hydrogen) atoms. The third-order valence-electron chi connectivity index (χ3n) is 3.75. The topological polar surface area (TPSA) is 15.3 Å². The van der Waals surface area contributed by atoms with E-state index in [1.54, 1.807) is 0 Å². The second kappa shape index (κ2) is 7.24. The SMILES string of the molecule is CC(C)C(CN(C)C)NCc1ccc(C(C)(C)C)cc1. The minimum Gasteiger partial charge on any atom is -0.308 e. The minimum absolute atomic E-state index is 0.233. The predicted octanol–water partition coefficient (Wildman–Crippen LogP) is 3.66. The molecule has 0 fully saturated rings. The van der Waals surface area contributed by atoms with E-state index in [-0.39, 0.29) is 5.41 Å². The third kappa shape index (κ3) is 5.64. The van der Waals surface area contributed by atoms with Gasteiger partial charge in [0.05, 0.1) is 0 Å². The summed E-state index contributed by atoms with van der Waals surface area (Å²) in [6.07, 6.45) is 0. The molecule has 0 saturated carbocycles. The van der Waals surface area contributed by atoms with Gasteiger partial charge in [-0.15, -0.1) is 0 Å². The summed E-state index contributed by atoms with van der Waals surface area (Å²) in [5.74, 6) is 0.645. The lowest BCUT2D eigenvalue weighted by molar-refractivity contribution is 0.288. The van der Waals surface area contributed by atoms with Crippen LogP contribution in [0.2, 0.25) is 0 Å². The first-order valence-electron chi connectivity index (χ1n) is 7.67. The highest BCUT2D eigenvalue weighted by molar-refractivity contribution is 5.27. The smallest absolute Gasteiger partial charge is 0.0220 e. The zero-order valence-corrected chi connectivity index (χ0v) is 14.3. The van der Waals surface area contributed by atoms with E-state index in [0.717, 1.165) is 13.1 Å². The lowest BCUT2D eigenvalue weighted by Gasteiger charge is -2.26. The average Bonchev–Trinajstić information content (AvgIpc) is 2.33. The van der Waals surface area contributed by atoms with E-state index in [1.165, 1.54) is 11.1 Å². The van der Waals surface area contributed by atoms with Crippen molar-refractivity contribution in [3.05, 3.63) is 35.4 Å². The first kappa shape index (κ1) is 17.2. The average molecular weight is 276 g/mol. The highest BCUT2D eigenvalue weighted by atomic mass is 15.1. The standard InChI is InChI=1S/C18H32N2/c1-14(2)17(13-20(6)7)19-12-15-8-10-16(11-9-15)18(3,4)5/h8-11,14,17,19H,12-13H2,1-7H3. The van der Waals surface area contributed by atoms with Crippen molar-refractivity contribution in [2.24, 2.45) is 5.92 Å². The quantitative estimate of drug-likeness (QED) is 0.853. The summed E-state index contributed by atoms with van der Waals surface area (Å²) in [5.41, 5.74) is 2.99. The monoisotopic (exact) mass is 276 g/mol. The Bertz CT molecular complexity index is 385. The Labute approximate surface area is 125 Å². The summed E-state index contributed by atoms with van der Waals surface area (Å²) >= 11 is 0. The maximum atomic E-state index is 3.68. The molecule has 2 nitrogen and oxygen atoms in total. The van der Waals surface area contributed by atoms with Crippen LogP contribution in [-0.4, -0.2) is 31.6 Å². The Kier molecular flexibility index (Phi) is 6.22. The Morgan fingerprint density at radius 1 is 1.05 bits per heavy atom. The van der Waals surface area contributed by atoms with Crippen LogP contribution in [0.3, 0.4) is 0 Å². The maximum Gasteiger partial charge on any atom is 0.0220 e. The molecule has 0 spiro atoms. The summed E-state index contributed by atoms with van der Waals surface area (Å²) in [6.45, 7) is 13.4. The zero-order valence-electron chi connectivity index (χ0n) is 14.3. The van der Waals surface area contributed by atoms with E-state index in [0.29, 0.717) is 12.0 Å². The van der Waals surface area contributed by atoms with Gasteiger partial charge >= 0.3 is 0 Å². The van der Waals surface area contributed by atoms with Gasteiger partial charge < -0.3 is 10.2 Å². The van der Waals surface area contributed by atoms with Crippen LogP contribution < -0.4 is 5.32 Å². The number of nitrogens with one attached hydrogen (secondary N) is 1. The van der Waals surface area contributed by atoms with Crippen LogP contribution in [0.4, 0.5) is 0 Å². The molecule has 0 heterocycles. The fraction of sp³-hybridized carbons (Fsp3) is 0.667. The van der Waals surface area contributed by atoms with E-state index in [9.17, 15) is 0 Å². The normalized spacial score (nSPS) is 14.1. The maximum absolute atomic E-state index is 3.68. The Hall–Kier alpha value is -0.860. The molecule has 1 N–H and O–H groups in total. The van der Waals surface area contributed by atoms with Gasteiger partial charge in [-0.1, -0.05) is 58.9 Å². The van der Waals surface area contributed by atoms with Crippen LogP contribution >= 0.6 is 0 Å². The molecule has 1 unspecified atom stereocenters. The highest BCUT2D eigenvalue weighted by Gasteiger charge is 2.15. The van der Waals surface area contributed by atoms with E-state index in [2.05, 4.69) is 83.2 Å². The molecule has 114 valence electrons. The summed E-state index contributed by atoms with van der Waals surface area (Å²) in [4.78, 5) is 2.25. The van der Waals surface area contributed by atoms with Gasteiger partial charge in [0.2, 0.25) is 0 Å². The van der Waals surface area contributed by atoms with Crippen LogP contribution in [0.5, 0.6) is 0 Å². The number of likely N-dealkylation sites (N-methyl/N-ethyl adjacent to an activating group) is 1. The summed E-state index contributed by atoms with van der Waals surface area (Å²) < 4.78 is 0. The molecule has 1 aromatic carbocycles. The van der Waals surface area contributed by atoms with E-state index >= 15 is 0 Å². The molecule has 1 atom stereocenters. The predicted molar refractivity (Wildman–Crippen MR) is 89.2 cm³/mol. The molecule has 0 aliphatic carbocycles. The van der Waals surface area contributed by atoms with Crippen molar-refractivity contribution in [2.75, 3.05) is 20.6 Å². The fourth-order valence-corrected chi connectivity index (χ4v) is 2.28. The largest absolute Gasteiger partial charge is 0.308 e. The molecular weight excluding hydrogens is 244 g/mol. The van der Waals surface area contributed by atoms with Gasteiger partial charge in [0.25, 0.3) is 0 Å². The van der Waals surface area contributed by atoms with Crippen LogP contribution in [0.25, 0.3) is 0 Å². The Morgan fingerprint density at radius 3 is 2.00 bits per heavy atom. The molecule has 0 amide bonds. The lowest BCUT2D eigenvalue weighted by atomic mass is 9.87. The fourth-order valence-electron chi connectivity index (χ4n) is 2.28. The van der Waals surface area contributed by atoms with Gasteiger partial charge in [-0.25, -0.2) is 0 Å². The van der Waals surface area contributed by atoms with Crippen molar-refractivity contribution < 1.29 is 0 Å². The molecule has 0 saturated heterocycles. The number of rotatable bonds is 6. The van der Waals surface area contributed by atoms with E-state index < -0.39 is 0 Å². The molecule has 0 radical (unpaired) electrons. The molecule has 0 aliphatic heterocycles. The van der Waals surface area contributed by atoms with Gasteiger partial charge in [-0.05, 0) is 36.6 Å². The van der Waals surface area contributed by atoms with Gasteiger partial charge in [0.1, 0.15) is 0 Å². The molecule has 1 aromatic rings. The number of benzene rings is 1. The van der Waals surface area contributed by atoms with Crippen molar-refractivity contribution >= 4 is 0 Å². The number of hydrogen-bond donors (Lipinski definition) is 1. The second-order valence-electron chi connectivity index (χ2n) is 7.44. The summed E-state index contributed by atoms with van der Waals surface area (Å²) in [6, 6.07) is 9.55. The number of nitrogens with zero attached hydrogens (tertiary/aromatic N) is 1. The van der Waals surface area contributed by atoms with Crippen molar-refractivity contribution in [3.8, 4) is 0 Å². The summed E-state index contributed by atoms with van der Waals surface area (Å²) in [5, 5.41) is 3.68. The van der Waals surface area contributed by atoms with Gasteiger partial charge in [-0.2, -0.15) is 0 Å². The van der Waals surface area contributed by atoms with E-state index in [1.807, 2.05) is 0 Å². The van der Waals surface area contributed by atoms with Crippen molar-refractivity contribution in [1.82, 2.24) is 10.2 Å². The van der Waals surface area contributed by atoms with Crippen LogP contribution in [0.1, 0.15) is 45.7 Å². The van der Waals surface area contributed by atoms with Crippen molar-refractivity contribution in [2.45, 2.75) is 52.6 Å². The molecule has 1 rings (SSSR count). The molecule has 0 aromatic heterocycles. The Morgan fingerprint density at radius 2 is 1.60 bits per heavy atom. The second-order valence-corrected chi connectivity index (χ2v) is 7.44. The van der Waals surface area contributed by atoms with Crippen LogP contribution in [0.15, 0.2) is 24.3 Å². The van der Waals surface area contributed by atoms with Gasteiger partial charge in [0, 0.05) is 19.1 Å².